The highest BCUT2D eigenvalue weighted by Gasteiger charge is 2.21. The molecule has 9 heteroatoms. The van der Waals surface area contributed by atoms with Crippen LogP contribution in [0, 0.1) is 0 Å². The Labute approximate surface area is 188 Å². The van der Waals surface area contributed by atoms with Crippen LogP contribution in [-0.2, 0) is 4.74 Å². The molecule has 33 heavy (non-hydrogen) atoms. The molecule has 0 N–H and O–H groups in total. The first-order valence-corrected chi connectivity index (χ1v) is 10.8. The van der Waals surface area contributed by atoms with Crippen LogP contribution >= 0.6 is 0 Å². The van der Waals surface area contributed by atoms with Gasteiger partial charge in [0.05, 0.1) is 30.9 Å². The molecule has 0 amide bonds. The number of fused-ring (bicyclic) bond motifs is 4. The Morgan fingerprint density at radius 3 is 2.64 bits per heavy atom. The first-order chi connectivity index (χ1) is 16.1. The van der Waals surface area contributed by atoms with Crippen molar-refractivity contribution in [3.05, 3.63) is 48.3 Å². The molecule has 3 heterocycles. The van der Waals surface area contributed by atoms with Gasteiger partial charge in [-0.2, -0.15) is 9.97 Å². The van der Waals surface area contributed by atoms with Crippen molar-refractivity contribution in [3.8, 4) is 17.6 Å². The van der Waals surface area contributed by atoms with E-state index >= 15 is 0 Å². The minimum absolute atomic E-state index is 0.217. The van der Waals surface area contributed by atoms with Crippen molar-refractivity contribution < 1.29 is 23.4 Å². The van der Waals surface area contributed by atoms with Crippen LogP contribution in [0.3, 0.4) is 0 Å². The van der Waals surface area contributed by atoms with Gasteiger partial charge in [0, 0.05) is 11.1 Å². The summed E-state index contributed by atoms with van der Waals surface area (Å²) < 4.78 is 24.0. The number of benzene rings is 2. The quantitative estimate of drug-likeness (QED) is 0.332. The number of nitrogens with zero attached hydrogens (tertiary/aromatic N) is 4. The second kappa shape index (κ2) is 8.42. The molecule has 0 atom stereocenters. The lowest BCUT2D eigenvalue weighted by atomic mass is 10.1. The van der Waals surface area contributed by atoms with Crippen molar-refractivity contribution in [3.63, 3.8) is 0 Å². The molecule has 168 valence electrons. The van der Waals surface area contributed by atoms with Crippen LogP contribution in [0.4, 0.5) is 0 Å². The third-order valence-electron chi connectivity index (χ3n) is 5.18. The van der Waals surface area contributed by atoms with Crippen LogP contribution in [0.1, 0.15) is 31.1 Å². The summed E-state index contributed by atoms with van der Waals surface area (Å²) in [6.07, 6.45) is 1.70. The largest absolute Gasteiger partial charge is 0.476 e. The minimum Gasteiger partial charge on any atom is -0.476 e. The molecule has 5 rings (SSSR count). The number of ether oxygens (including phenoxy) is 3. The lowest BCUT2D eigenvalue weighted by Crippen LogP contribution is -2.05. The van der Waals surface area contributed by atoms with Crippen LogP contribution in [0.2, 0.25) is 0 Å². The number of rotatable bonds is 7. The van der Waals surface area contributed by atoms with Crippen LogP contribution < -0.4 is 9.47 Å². The molecule has 0 saturated carbocycles. The van der Waals surface area contributed by atoms with Gasteiger partial charge in [-0.3, -0.25) is 0 Å². The minimum atomic E-state index is -0.388. The Morgan fingerprint density at radius 2 is 1.85 bits per heavy atom. The molecule has 9 nitrogen and oxygen atoms in total. The number of oxazole rings is 1. The zero-order valence-corrected chi connectivity index (χ0v) is 18.5. The fourth-order valence-electron chi connectivity index (χ4n) is 3.87. The van der Waals surface area contributed by atoms with E-state index in [1.165, 1.54) is 6.33 Å². The Hall–Kier alpha value is -4.14. The van der Waals surface area contributed by atoms with Gasteiger partial charge in [0.15, 0.2) is 5.58 Å². The standard InChI is InChI=1S/C24H22N4O5/c1-4-30-22-21-20(25-13-26-22)16-9-7-14(23(29)31-5-2)11-18(16)28(21)15-8-10-19-17(12-15)27-24(33-19)32-6-3/h7-13H,4-6H2,1-3H3. The second-order valence-electron chi connectivity index (χ2n) is 7.16. The highest BCUT2D eigenvalue weighted by molar-refractivity contribution is 6.10. The van der Waals surface area contributed by atoms with Crippen LogP contribution in [-0.4, -0.2) is 45.3 Å². The molecule has 2 aromatic carbocycles. The third kappa shape index (κ3) is 3.51. The van der Waals surface area contributed by atoms with E-state index in [1.54, 1.807) is 19.1 Å². The Balaban J connectivity index is 1.81. The van der Waals surface area contributed by atoms with Gasteiger partial charge < -0.3 is 23.2 Å². The zero-order chi connectivity index (χ0) is 22.9. The summed E-state index contributed by atoms with van der Waals surface area (Å²) in [6, 6.07) is 11.0. The normalized spacial score (nSPS) is 11.4. The molecular formula is C24H22N4O5. The van der Waals surface area contributed by atoms with Gasteiger partial charge in [-0.25, -0.2) is 9.78 Å². The predicted molar refractivity (Wildman–Crippen MR) is 122 cm³/mol. The fraction of sp³-hybridized carbons (Fsp3) is 0.250. The van der Waals surface area contributed by atoms with Gasteiger partial charge in [0.1, 0.15) is 22.9 Å². The van der Waals surface area contributed by atoms with E-state index < -0.39 is 0 Å². The molecule has 3 aromatic heterocycles. The Morgan fingerprint density at radius 1 is 1.00 bits per heavy atom. The highest BCUT2D eigenvalue weighted by Crippen LogP contribution is 2.36. The van der Waals surface area contributed by atoms with E-state index in [4.69, 9.17) is 18.6 Å². The van der Waals surface area contributed by atoms with Crippen LogP contribution in [0.25, 0.3) is 38.7 Å². The van der Waals surface area contributed by atoms with E-state index in [-0.39, 0.29) is 12.0 Å². The maximum absolute atomic E-state index is 12.4. The van der Waals surface area contributed by atoms with Gasteiger partial charge in [0.25, 0.3) is 0 Å². The molecule has 0 bridgehead atoms. The number of hydrogen-bond donors (Lipinski definition) is 0. The summed E-state index contributed by atoms with van der Waals surface area (Å²) in [5.41, 5.74) is 4.66. The summed E-state index contributed by atoms with van der Waals surface area (Å²) in [4.78, 5) is 25.7. The summed E-state index contributed by atoms with van der Waals surface area (Å²) >= 11 is 0. The van der Waals surface area contributed by atoms with Crippen molar-refractivity contribution in [2.24, 2.45) is 0 Å². The zero-order valence-electron chi connectivity index (χ0n) is 18.5. The second-order valence-corrected chi connectivity index (χ2v) is 7.16. The SMILES string of the molecule is CCOC(=O)c1ccc2c3ncnc(OCC)c3n(-c3ccc4oc(OCC)nc4c3)c2c1. The molecule has 0 unspecified atom stereocenters. The van der Waals surface area contributed by atoms with E-state index in [0.29, 0.717) is 53.4 Å². The van der Waals surface area contributed by atoms with E-state index in [1.807, 2.05) is 42.7 Å². The third-order valence-corrected chi connectivity index (χ3v) is 5.18. The summed E-state index contributed by atoms with van der Waals surface area (Å²) in [5, 5.41) is 0.858. The van der Waals surface area contributed by atoms with Crippen molar-refractivity contribution in [2.75, 3.05) is 19.8 Å². The maximum atomic E-state index is 12.4. The van der Waals surface area contributed by atoms with Crippen molar-refractivity contribution in [1.82, 2.24) is 19.5 Å². The molecule has 0 radical (unpaired) electrons. The van der Waals surface area contributed by atoms with Gasteiger partial charge in [-0.1, -0.05) is 0 Å². The molecule has 0 saturated heterocycles. The van der Waals surface area contributed by atoms with Crippen molar-refractivity contribution in [1.29, 1.82) is 0 Å². The van der Waals surface area contributed by atoms with E-state index in [2.05, 4.69) is 15.0 Å². The monoisotopic (exact) mass is 446 g/mol. The van der Waals surface area contributed by atoms with Gasteiger partial charge >= 0.3 is 12.0 Å². The first kappa shape index (κ1) is 20.7. The van der Waals surface area contributed by atoms with E-state index in [9.17, 15) is 4.79 Å². The maximum Gasteiger partial charge on any atom is 0.394 e. The molecule has 0 aliphatic carbocycles. The van der Waals surface area contributed by atoms with Crippen LogP contribution in [0.15, 0.2) is 47.1 Å². The van der Waals surface area contributed by atoms with Crippen molar-refractivity contribution in [2.45, 2.75) is 20.8 Å². The molecule has 0 aliphatic rings. The molecule has 0 fully saturated rings. The number of hydrogen-bond acceptors (Lipinski definition) is 8. The van der Waals surface area contributed by atoms with Crippen molar-refractivity contribution >= 4 is 39.0 Å². The Kier molecular flexibility index (Phi) is 5.29. The summed E-state index contributed by atoms with van der Waals surface area (Å²) in [7, 11) is 0. The number of carbonyl (C=O) groups is 1. The molecule has 0 aliphatic heterocycles. The smallest absolute Gasteiger partial charge is 0.394 e. The van der Waals surface area contributed by atoms with Gasteiger partial charge in [0.2, 0.25) is 5.88 Å². The topological polar surface area (TPSA) is 102 Å². The fourth-order valence-corrected chi connectivity index (χ4v) is 3.87. The van der Waals surface area contributed by atoms with E-state index in [0.717, 1.165) is 16.6 Å². The summed E-state index contributed by atoms with van der Waals surface area (Å²) in [6.45, 7) is 6.75. The Bertz CT molecular complexity index is 1490. The first-order valence-electron chi connectivity index (χ1n) is 10.8. The van der Waals surface area contributed by atoms with Gasteiger partial charge in [-0.05, 0) is 57.2 Å². The molecule has 0 spiro atoms. The average molecular weight is 446 g/mol. The highest BCUT2D eigenvalue weighted by atomic mass is 16.6. The van der Waals surface area contributed by atoms with Crippen LogP contribution in [0.5, 0.6) is 12.0 Å². The van der Waals surface area contributed by atoms with Gasteiger partial charge in [-0.15, -0.1) is 0 Å². The average Bonchev–Trinajstić information content (AvgIpc) is 3.37. The number of esters is 1. The molecular weight excluding hydrogens is 424 g/mol. The summed E-state index contributed by atoms with van der Waals surface area (Å²) in [5.74, 6) is 0.0623. The lowest BCUT2D eigenvalue weighted by molar-refractivity contribution is 0.0526. The number of carbonyl (C=O) groups excluding carboxylic acids is 1. The number of aromatic nitrogens is 4. The lowest BCUT2D eigenvalue weighted by Gasteiger charge is -2.10. The molecule has 5 aromatic rings. The predicted octanol–water partition coefficient (Wildman–Crippen LogP) is 4.69.